The third-order valence-corrected chi connectivity index (χ3v) is 7.36. The summed E-state index contributed by atoms with van der Waals surface area (Å²) in [6.45, 7) is 1.71. The Bertz CT molecular complexity index is 1260. The molecule has 0 saturated carbocycles. The lowest BCUT2D eigenvalue weighted by Gasteiger charge is -2.26. The zero-order chi connectivity index (χ0) is 22.1. The first kappa shape index (κ1) is 20.8. The maximum absolute atomic E-state index is 13.0. The number of nitrogens with zero attached hydrogens (tertiary/aromatic N) is 4. The minimum absolute atomic E-state index is 0.0445. The van der Waals surface area contributed by atoms with Crippen LogP contribution in [0.2, 0.25) is 0 Å². The maximum Gasteiger partial charge on any atom is 0.225 e. The largest absolute Gasteiger partial charge is 0.345 e. The first-order valence-electron chi connectivity index (χ1n) is 11.0. The summed E-state index contributed by atoms with van der Waals surface area (Å²) < 4.78 is 0. The molecule has 0 radical (unpaired) electrons. The molecule has 3 heterocycles. The van der Waals surface area contributed by atoms with Crippen LogP contribution in [0.1, 0.15) is 23.3 Å². The molecule has 9 heteroatoms. The van der Waals surface area contributed by atoms with Crippen molar-refractivity contribution in [2.24, 2.45) is 5.92 Å². The van der Waals surface area contributed by atoms with Gasteiger partial charge in [0.25, 0.3) is 0 Å². The van der Waals surface area contributed by atoms with E-state index in [2.05, 4.69) is 36.9 Å². The second-order valence-electron chi connectivity index (χ2n) is 8.36. The number of carbonyl (C=O) groups excluding carboxylic acids is 1. The molecule has 0 spiro atoms. The van der Waals surface area contributed by atoms with Gasteiger partial charge in [-0.25, -0.2) is 9.97 Å². The van der Waals surface area contributed by atoms with Gasteiger partial charge < -0.3 is 15.5 Å². The number of thiophene rings is 1. The lowest BCUT2D eigenvalue weighted by molar-refractivity contribution is -0.134. The molecule has 1 amide bonds. The smallest absolute Gasteiger partial charge is 0.225 e. The molecule has 0 saturated heterocycles. The Hall–Kier alpha value is -3.04. The van der Waals surface area contributed by atoms with Crippen molar-refractivity contribution >= 4 is 49.9 Å². The highest BCUT2D eigenvalue weighted by Gasteiger charge is 2.30. The molecule has 3 N–H and O–H groups in total. The number of nitrogens with one attached hydrogen (secondary N) is 3. The second-order valence-corrected chi connectivity index (χ2v) is 9.44. The zero-order valence-corrected chi connectivity index (χ0v) is 19.1. The van der Waals surface area contributed by atoms with Gasteiger partial charge in [0.05, 0.1) is 17.1 Å². The summed E-state index contributed by atoms with van der Waals surface area (Å²) in [4.78, 5) is 26.2. The van der Waals surface area contributed by atoms with Crippen LogP contribution in [-0.4, -0.2) is 58.2 Å². The SMILES string of the molecule is CNCCCN(C)C(=O)C1CCc2c(sc3ncnc(Nc4ccc5[nH]ncc5c4)c23)C1. The van der Waals surface area contributed by atoms with E-state index < -0.39 is 0 Å². The van der Waals surface area contributed by atoms with Crippen molar-refractivity contribution in [3.63, 3.8) is 0 Å². The number of rotatable bonds is 7. The molecule has 0 aliphatic heterocycles. The van der Waals surface area contributed by atoms with Gasteiger partial charge >= 0.3 is 0 Å². The molecule has 0 fully saturated rings. The molecule has 1 aromatic carbocycles. The van der Waals surface area contributed by atoms with E-state index in [1.807, 2.05) is 37.3 Å². The van der Waals surface area contributed by atoms with Crippen molar-refractivity contribution < 1.29 is 4.79 Å². The average molecular weight is 450 g/mol. The van der Waals surface area contributed by atoms with Gasteiger partial charge in [0.2, 0.25) is 5.91 Å². The molecule has 166 valence electrons. The van der Waals surface area contributed by atoms with E-state index in [4.69, 9.17) is 0 Å². The van der Waals surface area contributed by atoms with Gasteiger partial charge in [-0.1, -0.05) is 0 Å². The van der Waals surface area contributed by atoms with Gasteiger partial charge in [0.1, 0.15) is 17.0 Å². The van der Waals surface area contributed by atoms with Crippen molar-refractivity contribution in [3.05, 3.63) is 41.2 Å². The first-order valence-corrected chi connectivity index (χ1v) is 11.8. The van der Waals surface area contributed by atoms with Crippen molar-refractivity contribution in [1.29, 1.82) is 0 Å². The first-order chi connectivity index (χ1) is 15.6. The number of carbonyl (C=O) groups is 1. The maximum atomic E-state index is 13.0. The van der Waals surface area contributed by atoms with Gasteiger partial charge in [-0.05, 0) is 63.0 Å². The second kappa shape index (κ2) is 8.84. The van der Waals surface area contributed by atoms with E-state index in [1.54, 1.807) is 17.7 Å². The third-order valence-electron chi connectivity index (χ3n) is 6.19. The lowest BCUT2D eigenvalue weighted by Crippen LogP contribution is -2.36. The van der Waals surface area contributed by atoms with Crippen molar-refractivity contribution in [2.75, 3.05) is 32.5 Å². The number of aromatic amines is 1. The predicted octanol–water partition coefficient (Wildman–Crippen LogP) is 3.48. The number of aryl methyl sites for hydroxylation is 1. The molecule has 1 unspecified atom stereocenters. The molecule has 8 nitrogen and oxygen atoms in total. The van der Waals surface area contributed by atoms with Gasteiger partial charge in [-0.15, -0.1) is 11.3 Å². The fourth-order valence-electron chi connectivity index (χ4n) is 4.49. The summed E-state index contributed by atoms with van der Waals surface area (Å²) in [5.74, 6) is 1.12. The van der Waals surface area contributed by atoms with Gasteiger partial charge in [0.15, 0.2) is 0 Å². The Balaban J connectivity index is 1.38. The summed E-state index contributed by atoms with van der Waals surface area (Å²) in [6.07, 6.45) is 6.92. The van der Waals surface area contributed by atoms with E-state index in [0.29, 0.717) is 0 Å². The standard InChI is InChI=1S/C23H27N7OS/c1-24-8-3-9-30(2)23(31)14-4-6-17-19(11-14)32-22-20(17)21(25-13-26-22)28-16-5-7-18-15(10-16)12-27-29-18/h5,7,10,12-14,24H,3-4,6,8-9,11H2,1-2H3,(H,27,29)(H,25,26,28). The van der Waals surface area contributed by atoms with E-state index in [9.17, 15) is 4.79 Å². The molecule has 1 atom stereocenters. The van der Waals surface area contributed by atoms with Gasteiger partial charge in [-0.3, -0.25) is 9.89 Å². The number of benzene rings is 1. The van der Waals surface area contributed by atoms with Crippen LogP contribution in [0.15, 0.2) is 30.7 Å². The van der Waals surface area contributed by atoms with E-state index in [0.717, 1.165) is 71.4 Å². The fraction of sp³-hybridized carbons (Fsp3) is 0.391. The van der Waals surface area contributed by atoms with Crippen LogP contribution < -0.4 is 10.6 Å². The quantitative estimate of drug-likeness (QED) is 0.374. The van der Waals surface area contributed by atoms with Crippen LogP contribution in [0, 0.1) is 5.92 Å². The summed E-state index contributed by atoms with van der Waals surface area (Å²) in [5.41, 5.74) is 3.26. The zero-order valence-electron chi connectivity index (χ0n) is 18.3. The van der Waals surface area contributed by atoms with E-state index in [-0.39, 0.29) is 11.8 Å². The number of H-pyrrole nitrogens is 1. The normalized spacial score (nSPS) is 15.8. The molecule has 0 bridgehead atoms. The molecular formula is C23H27N7OS. The Morgan fingerprint density at radius 1 is 1.34 bits per heavy atom. The summed E-state index contributed by atoms with van der Waals surface area (Å²) >= 11 is 1.70. The molecule has 1 aliphatic rings. The molecule has 32 heavy (non-hydrogen) atoms. The third kappa shape index (κ3) is 3.93. The van der Waals surface area contributed by atoms with Gasteiger partial charge in [0, 0.05) is 35.5 Å². The minimum atomic E-state index is 0.0445. The van der Waals surface area contributed by atoms with E-state index >= 15 is 0 Å². The lowest BCUT2D eigenvalue weighted by atomic mass is 9.87. The molecule has 3 aromatic heterocycles. The number of hydrogen-bond donors (Lipinski definition) is 3. The molecule has 4 aromatic rings. The van der Waals surface area contributed by atoms with Crippen LogP contribution in [0.4, 0.5) is 11.5 Å². The number of hydrogen-bond acceptors (Lipinski definition) is 7. The summed E-state index contributed by atoms with van der Waals surface area (Å²) in [5, 5.41) is 15.8. The number of aromatic nitrogens is 4. The van der Waals surface area contributed by atoms with Gasteiger partial charge in [-0.2, -0.15) is 5.10 Å². The fourth-order valence-corrected chi connectivity index (χ4v) is 5.75. The van der Waals surface area contributed by atoms with Crippen LogP contribution in [-0.2, 0) is 17.6 Å². The minimum Gasteiger partial charge on any atom is -0.345 e. The number of fused-ring (bicyclic) bond motifs is 4. The van der Waals surface area contributed by atoms with Crippen molar-refractivity contribution in [2.45, 2.75) is 25.7 Å². The highest BCUT2D eigenvalue weighted by atomic mass is 32.1. The summed E-state index contributed by atoms with van der Waals surface area (Å²) in [6, 6.07) is 6.09. The van der Waals surface area contributed by atoms with E-state index in [1.165, 1.54) is 10.4 Å². The molecular weight excluding hydrogens is 422 g/mol. The highest BCUT2D eigenvalue weighted by Crippen LogP contribution is 2.40. The van der Waals surface area contributed by atoms with Crippen molar-refractivity contribution in [1.82, 2.24) is 30.4 Å². The molecule has 1 aliphatic carbocycles. The monoisotopic (exact) mass is 449 g/mol. The number of amides is 1. The Kier molecular flexibility index (Phi) is 5.75. The highest BCUT2D eigenvalue weighted by molar-refractivity contribution is 7.19. The average Bonchev–Trinajstić information content (AvgIpc) is 3.42. The Morgan fingerprint density at radius 3 is 3.12 bits per heavy atom. The van der Waals surface area contributed by atoms with Crippen LogP contribution in [0.25, 0.3) is 21.1 Å². The Morgan fingerprint density at radius 2 is 2.25 bits per heavy atom. The summed E-state index contributed by atoms with van der Waals surface area (Å²) in [7, 11) is 3.86. The van der Waals surface area contributed by atoms with Crippen LogP contribution in [0.3, 0.4) is 0 Å². The van der Waals surface area contributed by atoms with Crippen LogP contribution >= 0.6 is 11.3 Å². The number of anilines is 2. The van der Waals surface area contributed by atoms with Crippen LogP contribution in [0.5, 0.6) is 0 Å². The molecule has 5 rings (SSSR count). The Labute approximate surface area is 190 Å². The predicted molar refractivity (Wildman–Crippen MR) is 128 cm³/mol. The van der Waals surface area contributed by atoms with Crippen molar-refractivity contribution in [3.8, 4) is 0 Å². The topological polar surface area (TPSA) is 98.8 Å².